The number of carbonyl (C=O) groups excluding carboxylic acids is 1. The van der Waals surface area contributed by atoms with E-state index in [-0.39, 0.29) is 0 Å². The van der Waals surface area contributed by atoms with E-state index in [2.05, 4.69) is 49.4 Å². The Morgan fingerprint density at radius 2 is 1.94 bits per heavy atom. The molecule has 0 aliphatic carbocycles. The molecule has 0 saturated heterocycles. The van der Waals surface area contributed by atoms with E-state index in [9.17, 15) is 4.79 Å². The van der Waals surface area contributed by atoms with Gasteiger partial charge in [0.25, 0.3) is 0 Å². The van der Waals surface area contributed by atoms with E-state index in [0.717, 1.165) is 12.7 Å². The highest BCUT2D eigenvalue weighted by Crippen LogP contribution is 2.15. The van der Waals surface area contributed by atoms with Gasteiger partial charge in [0.05, 0.1) is 0 Å². The fourth-order valence-corrected chi connectivity index (χ4v) is 2.10. The van der Waals surface area contributed by atoms with Crippen molar-refractivity contribution in [2.45, 2.75) is 45.4 Å². The van der Waals surface area contributed by atoms with Gasteiger partial charge in [-0.2, -0.15) is 0 Å². The third-order valence-corrected chi connectivity index (χ3v) is 3.27. The second-order valence-electron chi connectivity index (χ2n) is 4.72. The molecule has 0 aliphatic heterocycles. The molecule has 0 amide bonds. The predicted octanol–water partition coefficient (Wildman–Crippen LogP) is 4.57. The van der Waals surface area contributed by atoms with Crippen molar-refractivity contribution in [1.82, 2.24) is 0 Å². The van der Waals surface area contributed by atoms with Crippen LogP contribution in [0.5, 0.6) is 0 Å². The molecule has 1 rings (SSSR count). The number of hydrogen-bond donors (Lipinski definition) is 0. The fourth-order valence-electron chi connectivity index (χ4n) is 2.10. The summed E-state index contributed by atoms with van der Waals surface area (Å²) in [4.78, 5) is 10.2. The predicted molar refractivity (Wildman–Crippen MR) is 77.6 cm³/mol. The number of allylic oxidation sites excluding steroid dienone is 2. The van der Waals surface area contributed by atoms with Gasteiger partial charge in [0.1, 0.15) is 6.29 Å². The molecular weight excluding hydrogens is 220 g/mol. The van der Waals surface area contributed by atoms with Gasteiger partial charge in [-0.05, 0) is 43.6 Å². The van der Waals surface area contributed by atoms with Crippen molar-refractivity contribution >= 4 is 6.29 Å². The van der Waals surface area contributed by atoms with Crippen LogP contribution in [0.25, 0.3) is 0 Å². The maximum absolute atomic E-state index is 10.2. The molecular formula is C17H24O. The highest BCUT2D eigenvalue weighted by Gasteiger charge is 2.01. The summed E-state index contributed by atoms with van der Waals surface area (Å²) in [5.41, 5.74) is 1.43. The molecule has 1 nitrogen and oxygen atoms in total. The summed E-state index contributed by atoms with van der Waals surface area (Å²) < 4.78 is 0. The SMILES string of the molecule is CCC(/C=C/CCC=O)CCCc1ccccc1. The van der Waals surface area contributed by atoms with Gasteiger partial charge in [-0.25, -0.2) is 0 Å². The van der Waals surface area contributed by atoms with Gasteiger partial charge in [0.15, 0.2) is 0 Å². The van der Waals surface area contributed by atoms with E-state index >= 15 is 0 Å². The first kappa shape index (κ1) is 14.7. The van der Waals surface area contributed by atoms with E-state index in [1.54, 1.807) is 0 Å². The summed E-state index contributed by atoms with van der Waals surface area (Å²) in [6, 6.07) is 10.7. The molecule has 1 aromatic rings. The summed E-state index contributed by atoms with van der Waals surface area (Å²) in [5.74, 6) is 0.667. The lowest BCUT2D eigenvalue weighted by molar-refractivity contribution is -0.107. The summed E-state index contributed by atoms with van der Waals surface area (Å²) >= 11 is 0. The largest absolute Gasteiger partial charge is 0.303 e. The Labute approximate surface area is 111 Å². The van der Waals surface area contributed by atoms with Gasteiger partial charge < -0.3 is 4.79 Å². The molecule has 1 heteroatoms. The lowest BCUT2D eigenvalue weighted by Gasteiger charge is -2.09. The van der Waals surface area contributed by atoms with Gasteiger partial charge in [-0.1, -0.05) is 49.4 Å². The van der Waals surface area contributed by atoms with Crippen LogP contribution < -0.4 is 0 Å². The van der Waals surface area contributed by atoms with Gasteiger partial charge in [-0.3, -0.25) is 0 Å². The van der Waals surface area contributed by atoms with Crippen molar-refractivity contribution < 1.29 is 4.79 Å². The highest BCUT2D eigenvalue weighted by atomic mass is 16.1. The quantitative estimate of drug-likeness (QED) is 0.353. The Morgan fingerprint density at radius 3 is 2.61 bits per heavy atom. The molecule has 0 aromatic heterocycles. The van der Waals surface area contributed by atoms with Crippen LogP contribution in [0.1, 0.15) is 44.6 Å². The van der Waals surface area contributed by atoms with Crippen molar-refractivity contribution in [3.05, 3.63) is 48.0 Å². The lowest BCUT2D eigenvalue weighted by Crippen LogP contribution is -1.96. The molecule has 0 spiro atoms. The monoisotopic (exact) mass is 244 g/mol. The van der Waals surface area contributed by atoms with Crippen LogP contribution in [-0.4, -0.2) is 6.29 Å². The standard InChI is InChI=1S/C17H24O/c1-2-16(10-7-4-8-15-18)13-9-14-17-11-5-3-6-12-17/h3,5-7,10-12,15-16H,2,4,8-9,13-14H2,1H3/b10-7+. The molecule has 98 valence electrons. The Hall–Kier alpha value is -1.37. The summed E-state index contributed by atoms with van der Waals surface area (Å²) in [5, 5.41) is 0. The minimum Gasteiger partial charge on any atom is -0.303 e. The van der Waals surface area contributed by atoms with E-state index in [1.165, 1.54) is 31.2 Å². The zero-order valence-corrected chi connectivity index (χ0v) is 11.3. The molecule has 0 saturated carbocycles. The van der Waals surface area contributed by atoms with Crippen LogP contribution in [0.15, 0.2) is 42.5 Å². The maximum atomic E-state index is 10.2. The van der Waals surface area contributed by atoms with Crippen LogP contribution in [0.3, 0.4) is 0 Å². The molecule has 1 unspecified atom stereocenters. The van der Waals surface area contributed by atoms with E-state index in [4.69, 9.17) is 0 Å². The molecule has 1 atom stereocenters. The van der Waals surface area contributed by atoms with E-state index < -0.39 is 0 Å². The third kappa shape index (κ3) is 6.39. The van der Waals surface area contributed by atoms with E-state index in [0.29, 0.717) is 12.3 Å². The lowest BCUT2D eigenvalue weighted by atomic mass is 9.96. The molecule has 18 heavy (non-hydrogen) atoms. The third-order valence-electron chi connectivity index (χ3n) is 3.27. The zero-order chi connectivity index (χ0) is 13.1. The van der Waals surface area contributed by atoms with Crippen LogP contribution in [-0.2, 0) is 11.2 Å². The smallest absolute Gasteiger partial charge is 0.120 e. The average Bonchev–Trinajstić information content (AvgIpc) is 2.42. The van der Waals surface area contributed by atoms with E-state index in [1.807, 2.05) is 0 Å². The number of rotatable bonds is 9. The minimum absolute atomic E-state index is 0.650. The molecule has 0 fully saturated rings. The fraction of sp³-hybridized carbons (Fsp3) is 0.471. The van der Waals surface area contributed by atoms with Gasteiger partial charge in [0.2, 0.25) is 0 Å². The first-order chi connectivity index (χ1) is 8.86. The number of carbonyl (C=O) groups is 1. The van der Waals surface area contributed by atoms with Crippen LogP contribution in [0.4, 0.5) is 0 Å². The van der Waals surface area contributed by atoms with Crippen molar-refractivity contribution in [3.63, 3.8) is 0 Å². The van der Waals surface area contributed by atoms with Crippen molar-refractivity contribution in [3.8, 4) is 0 Å². The summed E-state index contributed by atoms with van der Waals surface area (Å²) in [6.45, 7) is 2.23. The Bertz CT molecular complexity index is 340. The van der Waals surface area contributed by atoms with Crippen LogP contribution in [0, 0.1) is 5.92 Å². The molecule has 0 aliphatic rings. The minimum atomic E-state index is 0.650. The maximum Gasteiger partial charge on any atom is 0.120 e. The topological polar surface area (TPSA) is 17.1 Å². The highest BCUT2D eigenvalue weighted by molar-refractivity contribution is 5.49. The van der Waals surface area contributed by atoms with Crippen molar-refractivity contribution in [2.75, 3.05) is 0 Å². The molecule has 0 heterocycles. The second kappa shape index (κ2) is 9.64. The Morgan fingerprint density at radius 1 is 1.17 bits per heavy atom. The first-order valence-corrected chi connectivity index (χ1v) is 7.01. The second-order valence-corrected chi connectivity index (χ2v) is 4.72. The summed E-state index contributed by atoms with van der Waals surface area (Å²) in [6.07, 6.45) is 11.8. The number of aryl methyl sites for hydroxylation is 1. The molecule has 0 radical (unpaired) electrons. The normalized spacial score (nSPS) is 12.7. The summed E-state index contributed by atoms with van der Waals surface area (Å²) in [7, 11) is 0. The first-order valence-electron chi connectivity index (χ1n) is 7.01. The number of unbranched alkanes of at least 4 members (excludes halogenated alkanes) is 1. The van der Waals surface area contributed by atoms with Crippen molar-refractivity contribution in [2.24, 2.45) is 5.92 Å². The van der Waals surface area contributed by atoms with Crippen LogP contribution >= 0.6 is 0 Å². The Kier molecular flexibility index (Phi) is 7.87. The van der Waals surface area contributed by atoms with Crippen molar-refractivity contribution in [1.29, 1.82) is 0 Å². The van der Waals surface area contributed by atoms with Crippen LogP contribution in [0.2, 0.25) is 0 Å². The number of aldehydes is 1. The average molecular weight is 244 g/mol. The molecule has 0 bridgehead atoms. The number of hydrogen-bond acceptors (Lipinski definition) is 1. The number of benzene rings is 1. The molecule has 1 aromatic carbocycles. The van der Waals surface area contributed by atoms with Gasteiger partial charge in [0, 0.05) is 6.42 Å². The van der Waals surface area contributed by atoms with Gasteiger partial charge >= 0.3 is 0 Å². The molecule has 0 N–H and O–H groups in total. The van der Waals surface area contributed by atoms with Gasteiger partial charge in [-0.15, -0.1) is 0 Å². The zero-order valence-electron chi connectivity index (χ0n) is 11.3. The Balaban J connectivity index is 2.23.